The van der Waals surface area contributed by atoms with Crippen molar-refractivity contribution in [3.8, 4) is 0 Å². The first-order chi connectivity index (χ1) is 9.08. The van der Waals surface area contributed by atoms with Gasteiger partial charge in [0.15, 0.2) is 0 Å². The molecular formula is C15H16N2O2. The van der Waals surface area contributed by atoms with E-state index in [4.69, 9.17) is 0 Å². The number of aromatic nitrogens is 1. The van der Waals surface area contributed by atoms with Gasteiger partial charge in [0.2, 0.25) is 5.56 Å². The predicted molar refractivity (Wildman–Crippen MR) is 75.6 cm³/mol. The number of H-pyrrole nitrogens is 1. The molecule has 0 saturated heterocycles. The predicted octanol–water partition coefficient (Wildman–Crippen LogP) is 2.50. The minimum atomic E-state index is -0.279. The topological polar surface area (TPSA) is 62.0 Å². The Balaban J connectivity index is 2.17. The van der Waals surface area contributed by atoms with Crippen LogP contribution in [0.25, 0.3) is 0 Å². The molecule has 19 heavy (non-hydrogen) atoms. The van der Waals surface area contributed by atoms with Gasteiger partial charge in [-0.2, -0.15) is 0 Å². The van der Waals surface area contributed by atoms with Crippen LogP contribution in [0.5, 0.6) is 0 Å². The van der Waals surface area contributed by atoms with E-state index in [0.717, 1.165) is 12.1 Å². The fourth-order valence-electron chi connectivity index (χ4n) is 1.84. The van der Waals surface area contributed by atoms with Gasteiger partial charge in [-0.3, -0.25) is 9.59 Å². The van der Waals surface area contributed by atoms with E-state index in [-0.39, 0.29) is 11.5 Å². The highest BCUT2D eigenvalue weighted by Crippen LogP contribution is 2.11. The summed E-state index contributed by atoms with van der Waals surface area (Å²) in [5.74, 6) is -0.279. The molecule has 1 amide bonds. The molecule has 2 rings (SSSR count). The van der Waals surface area contributed by atoms with Gasteiger partial charge in [0.1, 0.15) is 0 Å². The number of pyridine rings is 1. The lowest BCUT2D eigenvalue weighted by Gasteiger charge is -2.06. The first-order valence-corrected chi connectivity index (χ1v) is 6.19. The number of carbonyl (C=O) groups excluding carboxylic acids is 1. The van der Waals surface area contributed by atoms with Crippen LogP contribution in [0.2, 0.25) is 0 Å². The van der Waals surface area contributed by atoms with Crippen LogP contribution in [0.15, 0.2) is 41.2 Å². The lowest BCUT2D eigenvalue weighted by Crippen LogP contribution is -2.16. The Kier molecular flexibility index (Phi) is 3.80. The van der Waals surface area contributed by atoms with E-state index in [2.05, 4.69) is 17.2 Å². The van der Waals surface area contributed by atoms with Crippen molar-refractivity contribution in [1.82, 2.24) is 4.98 Å². The van der Waals surface area contributed by atoms with Gasteiger partial charge in [-0.25, -0.2) is 0 Å². The van der Waals surface area contributed by atoms with Gasteiger partial charge in [0, 0.05) is 23.0 Å². The summed E-state index contributed by atoms with van der Waals surface area (Å²) in [7, 11) is 0. The largest absolute Gasteiger partial charge is 0.326 e. The fraction of sp³-hybridized carbons (Fsp3) is 0.200. The molecule has 0 aliphatic rings. The van der Waals surface area contributed by atoms with Gasteiger partial charge in [-0.05, 0) is 37.1 Å². The molecule has 0 fully saturated rings. The summed E-state index contributed by atoms with van der Waals surface area (Å²) in [6.07, 6.45) is 0.960. The van der Waals surface area contributed by atoms with Gasteiger partial charge >= 0.3 is 0 Å². The van der Waals surface area contributed by atoms with Gasteiger partial charge in [0.25, 0.3) is 5.91 Å². The van der Waals surface area contributed by atoms with E-state index in [1.54, 1.807) is 13.0 Å². The molecular weight excluding hydrogens is 240 g/mol. The molecule has 0 bridgehead atoms. The van der Waals surface area contributed by atoms with E-state index in [1.165, 1.54) is 11.6 Å². The zero-order valence-electron chi connectivity index (χ0n) is 11.0. The van der Waals surface area contributed by atoms with Crippen LogP contribution in [-0.2, 0) is 6.42 Å². The monoisotopic (exact) mass is 256 g/mol. The van der Waals surface area contributed by atoms with Crippen molar-refractivity contribution in [2.24, 2.45) is 0 Å². The van der Waals surface area contributed by atoms with E-state index in [0.29, 0.717) is 11.3 Å². The second kappa shape index (κ2) is 5.52. The normalized spacial score (nSPS) is 10.2. The number of anilines is 1. The first-order valence-electron chi connectivity index (χ1n) is 6.19. The van der Waals surface area contributed by atoms with Gasteiger partial charge < -0.3 is 10.3 Å². The van der Waals surface area contributed by atoms with Gasteiger partial charge in [-0.1, -0.05) is 19.1 Å². The highest BCUT2D eigenvalue weighted by Gasteiger charge is 2.07. The SMILES string of the molecule is CCc1ccc(NC(=O)c2cc(C)[nH]c(=O)c2)cc1. The summed E-state index contributed by atoms with van der Waals surface area (Å²) < 4.78 is 0. The van der Waals surface area contributed by atoms with Crippen molar-refractivity contribution in [3.05, 3.63) is 63.6 Å². The van der Waals surface area contributed by atoms with Crippen LogP contribution in [-0.4, -0.2) is 10.9 Å². The van der Waals surface area contributed by atoms with Gasteiger partial charge in [-0.15, -0.1) is 0 Å². The fourth-order valence-corrected chi connectivity index (χ4v) is 1.84. The second-order valence-corrected chi connectivity index (χ2v) is 4.42. The zero-order chi connectivity index (χ0) is 13.8. The number of amides is 1. The van der Waals surface area contributed by atoms with E-state index < -0.39 is 0 Å². The van der Waals surface area contributed by atoms with Crippen molar-refractivity contribution < 1.29 is 4.79 Å². The van der Waals surface area contributed by atoms with E-state index >= 15 is 0 Å². The average Bonchev–Trinajstić information content (AvgIpc) is 2.38. The Labute approximate surface area is 111 Å². The Bertz CT molecular complexity index is 642. The lowest BCUT2D eigenvalue weighted by molar-refractivity contribution is 0.102. The third kappa shape index (κ3) is 3.31. The highest BCUT2D eigenvalue weighted by molar-refractivity contribution is 6.04. The number of nitrogens with one attached hydrogen (secondary N) is 2. The van der Waals surface area contributed by atoms with Crippen LogP contribution in [0.4, 0.5) is 5.69 Å². The van der Waals surface area contributed by atoms with Crippen molar-refractivity contribution in [3.63, 3.8) is 0 Å². The highest BCUT2D eigenvalue weighted by atomic mass is 16.2. The van der Waals surface area contributed by atoms with Crippen LogP contribution >= 0.6 is 0 Å². The molecule has 0 unspecified atom stereocenters. The van der Waals surface area contributed by atoms with Crippen LogP contribution in [0, 0.1) is 6.92 Å². The number of aromatic amines is 1. The molecule has 1 aromatic heterocycles. The van der Waals surface area contributed by atoms with Crippen molar-refractivity contribution in [2.75, 3.05) is 5.32 Å². The maximum absolute atomic E-state index is 12.0. The van der Waals surface area contributed by atoms with E-state index in [1.807, 2.05) is 24.3 Å². The molecule has 0 aliphatic carbocycles. The molecule has 4 heteroatoms. The Morgan fingerprint density at radius 1 is 1.21 bits per heavy atom. The summed E-state index contributed by atoms with van der Waals surface area (Å²) in [5.41, 5.74) is 2.69. The average molecular weight is 256 g/mol. The Morgan fingerprint density at radius 2 is 1.89 bits per heavy atom. The quantitative estimate of drug-likeness (QED) is 0.886. The maximum Gasteiger partial charge on any atom is 0.255 e. The molecule has 0 radical (unpaired) electrons. The number of hydrogen-bond donors (Lipinski definition) is 2. The minimum absolute atomic E-state index is 0.272. The smallest absolute Gasteiger partial charge is 0.255 e. The molecule has 2 aromatic rings. The molecule has 2 N–H and O–H groups in total. The molecule has 0 saturated carbocycles. The maximum atomic E-state index is 12.0. The molecule has 0 atom stereocenters. The number of carbonyl (C=O) groups is 1. The number of benzene rings is 1. The molecule has 1 heterocycles. The summed E-state index contributed by atoms with van der Waals surface area (Å²) >= 11 is 0. The summed E-state index contributed by atoms with van der Waals surface area (Å²) in [4.78, 5) is 25.9. The summed E-state index contributed by atoms with van der Waals surface area (Å²) in [6, 6.07) is 10.6. The van der Waals surface area contributed by atoms with Gasteiger partial charge in [0.05, 0.1) is 0 Å². The summed E-state index contributed by atoms with van der Waals surface area (Å²) in [5, 5.41) is 2.77. The second-order valence-electron chi connectivity index (χ2n) is 4.42. The van der Waals surface area contributed by atoms with Crippen LogP contribution < -0.4 is 10.9 Å². The number of rotatable bonds is 3. The van der Waals surface area contributed by atoms with Crippen molar-refractivity contribution in [1.29, 1.82) is 0 Å². The Morgan fingerprint density at radius 3 is 2.47 bits per heavy atom. The Hall–Kier alpha value is -2.36. The van der Waals surface area contributed by atoms with Crippen molar-refractivity contribution in [2.45, 2.75) is 20.3 Å². The lowest BCUT2D eigenvalue weighted by atomic mass is 10.1. The third-order valence-electron chi connectivity index (χ3n) is 2.86. The van der Waals surface area contributed by atoms with Crippen LogP contribution in [0.1, 0.15) is 28.5 Å². The van der Waals surface area contributed by atoms with Crippen molar-refractivity contribution >= 4 is 11.6 Å². The molecule has 98 valence electrons. The molecule has 0 spiro atoms. The molecule has 4 nitrogen and oxygen atoms in total. The molecule has 0 aliphatic heterocycles. The zero-order valence-corrected chi connectivity index (χ0v) is 11.0. The number of hydrogen-bond acceptors (Lipinski definition) is 2. The minimum Gasteiger partial charge on any atom is -0.326 e. The van der Waals surface area contributed by atoms with Crippen LogP contribution in [0.3, 0.4) is 0 Å². The standard InChI is InChI=1S/C15H16N2O2/c1-3-11-4-6-13(7-5-11)17-15(19)12-8-10(2)16-14(18)9-12/h4-9H,3H2,1-2H3,(H,16,18)(H,17,19). The number of aryl methyl sites for hydroxylation is 2. The first kappa shape index (κ1) is 13.1. The third-order valence-corrected chi connectivity index (χ3v) is 2.86. The summed E-state index contributed by atoms with van der Waals surface area (Å²) in [6.45, 7) is 3.82. The van der Waals surface area contributed by atoms with E-state index in [9.17, 15) is 9.59 Å². The molecule has 1 aromatic carbocycles.